The number of nitrogens with zero attached hydrogens (tertiary/aromatic N) is 1. The largest absolute Gasteiger partial charge is 0.482 e. The zero-order chi connectivity index (χ0) is 19.9. The summed E-state index contributed by atoms with van der Waals surface area (Å²) in [6.45, 7) is 3.88. The van der Waals surface area contributed by atoms with Gasteiger partial charge in [-0.05, 0) is 67.4 Å². The maximum atomic E-state index is 12.1. The molecular formula is C23H21ClN2O2. The number of carbonyl (C=O) groups excluding carboxylic acids is 1. The molecule has 0 spiro atoms. The average Bonchev–Trinajstić information content (AvgIpc) is 2.67. The van der Waals surface area contributed by atoms with Crippen molar-refractivity contribution in [1.82, 2.24) is 0 Å². The van der Waals surface area contributed by atoms with Crippen LogP contribution in [0.3, 0.4) is 0 Å². The molecule has 0 saturated carbocycles. The first-order valence-electron chi connectivity index (χ1n) is 8.89. The Morgan fingerprint density at radius 2 is 1.82 bits per heavy atom. The number of benzene rings is 3. The molecule has 1 amide bonds. The minimum Gasteiger partial charge on any atom is -0.482 e. The molecule has 1 N–H and O–H groups in total. The summed E-state index contributed by atoms with van der Waals surface area (Å²) < 4.78 is 5.54. The van der Waals surface area contributed by atoms with Crippen LogP contribution in [0.5, 0.6) is 5.75 Å². The van der Waals surface area contributed by atoms with Crippen LogP contribution in [-0.2, 0) is 4.79 Å². The van der Waals surface area contributed by atoms with Gasteiger partial charge in [-0.2, -0.15) is 0 Å². The highest BCUT2D eigenvalue weighted by atomic mass is 35.5. The van der Waals surface area contributed by atoms with Crippen molar-refractivity contribution >= 4 is 35.1 Å². The predicted molar refractivity (Wildman–Crippen MR) is 115 cm³/mol. The van der Waals surface area contributed by atoms with Crippen LogP contribution in [-0.4, -0.2) is 18.7 Å². The number of halogens is 1. The Morgan fingerprint density at radius 3 is 2.54 bits per heavy atom. The highest BCUT2D eigenvalue weighted by molar-refractivity contribution is 6.32. The molecule has 5 heteroatoms. The van der Waals surface area contributed by atoms with Gasteiger partial charge < -0.3 is 10.1 Å². The van der Waals surface area contributed by atoms with Gasteiger partial charge in [-0.15, -0.1) is 0 Å². The summed E-state index contributed by atoms with van der Waals surface area (Å²) >= 11 is 6.28. The number of carbonyl (C=O) groups is 1. The summed E-state index contributed by atoms with van der Waals surface area (Å²) in [5.41, 5.74) is 4.72. The lowest BCUT2D eigenvalue weighted by Crippen LogP contribution is -2.20. The van der Waals surface area contributed by atoms with E-state index in [1.54, 1.807) is 18.3 Å². The van der Waals surface area contributed by atoms with E-state index < -0.39 is 0 Å². The fourth-order valence-electron chi connectivity index (χ4n) is 2.56. The fraction of sp³-hybridized carbons (Fsp3) is 0.130. The molecule has 0 aromatic heterocycles. The van der Waals surface area contributed by atoms with Crippen LogP contribution in [0.4, 0.5) is 11.4 Å². The molecule has 4 nitrogen and oxygen atoms in total. The molecule has 3 aromatic rings. The fourth-order valence-corrected chi connectivity index (χ4v) is 2.80. The molecule has 0 aliphatic rings. The van der Waals surface area contributed by atoms with Crippen molar-refractivity contribution in [3.05, 3.63) is 88.4 Å². The maximum Gasteiger partial charge on any atom is 0.262 e. The highest BCUT2D eigenvalue weighted by Gasteiger charge is 2.07. The first kappa shape index (κ1) is 19.6. The number of anilines is 1. The number of aryl methyl sites for hydroxylation is 2. The summed E-state index contributed by atoms with van der Waals surface area (Å²) in [5.74, 6) is 0.209. The zero-order valence-electron chi connectivity index (χ0n) is 15.8. The molecule has 3 rings (SSSR count). The third-order valence-corrected chi connectivity index (χ3v) is 4.31. The monoisotopic (exact) mass is 392 g/mol. The van der Waals surface area contributed by atoms with Crippen molar-refractivity contribution in [3.8, 4) is 5.75 Å². The topological polar surface area (TPSA) is 50.7 Å². The zero-order valence-corrected chi connectivity index (χ0v) is 16.5. The minimum atomic E-state index is -0.244. The Morgan fingerprint density at radius 1 is 1.04 bits per heavy atom. The van der Waals surface area contributed by atoms with Crippen molar-refractivity contribution < 1.29 is 9.53 Å². The van der Waals surface area contributed by atoms with E-state index in [0.717, 1.165) is 22.5 Å². The van der Waals surface area contributed by atoms with E-state index in [4.69, 9.17) is 16.3 Å². The van der Waals surface area contributed by atoms with Crippen LogP contribution in [0.25, 0.3) is 0 Å². The van der Waals surface area contributed by atoms with Crippen LogP contribution in [0.1, 0.15) is 16.7 Å². The Bertz CT molecular complexity index is 998. The number of amides is 1. The van der Waals surface area contributed by atoms with E-state index >= 15 is 0 Å². The highest BCUT2D eigenvalue weighted by Crippen LogP contribution is 2.25. The van der Waals surface area contributed by atoms with E-state index in [0.29, 0.717) is 10.8 Å². The van der Waals surface area contributed by atoms with Gasteiger partial charge in [0.05, 0.1) is 10.7 Å². The summed E-state index contributed by atoms with van der Waals surface area (Å²) in [4.78, 5) is 16.5. The molecule has 0 aliphatic carbocycles. The van der Waals surface area contributed by atoms with Crippen LogP contribution >= 0.6 is 11.6 Å². The number of ether oxygens (including phenoxy) is 1. The van der Waals surface area contributed by atoms with Crippen molar-refractivity contribution in [2.24, 2.45) is 4.99 Å². The molecule has 0 fully saturated rings. The molecule has 0 atom stereocenters. The van der Waals surface area contributed by atoms with E-state index in [-0.39, 0.29) is 12.5 Å². The SMILES string of the molecule is Cc1ccc(N=Cc2ccc(OCC(=O)Nc3cccc(C)c3)c(Cl)c2)cc1. The summed E-state index contributed by atoms with van der Waals surface area (Å²) in [5, 5.41) is 3.23. The van der Waals surface area contributed by atoms with Crippen molar-refractivity contribution in [2.75, 3.05) is 11.9 Å². The second kappa shape index (κ2) is 9.20. The standard InChI is InChI=1S/C23H21ClN2O2/c1-16-6-9-19(10-7-16)25-14-18-8-11-22(21(24)13-18)28-15-23(27)26-20-5-3-4-17(2)12-20/h3-14H,15H2,1-2H3,(H,26,27). The van der Waals surface area contributed by atoms with Gasteiger partial charge in [0.2, 0.25) is 0 Å². The molecule has 0 bridgehead atoms. The van der Waals surface area contributed by atoms with Gasteiger partial charge in [0, 0.05) is 11.9 Å². The summed E-state index contributed by atoms with van der Waals surface area (Å²) in [6.07, 6.45) is 1.74. The lowest BCUT2D eigenvalue weighted by molar-refractivity contribution is -0.118. The van der Waals surface area contributed by atoms with Crippen LogP contribution in [0.2, 0.25) is 5.02 Å². The van der Waals surface area contributed by atoms with Gasteiger partial charge in [0.25, 0.3) is 5.91 Å². The van der Waals surface area contributed by atoms with Gasteiger partial charge in [0.15, 0.2) is 6.61 Å². The second-order valence-electron chi connectivity index (χ2n) is 6.49. The maximum absolute atomic E-state index is 12.1. The average molecular weight is 393 g/mol. The van der Waals surface area contributed by atoms with Crippen LogP contribution in [0, 0.1) is 13.8 Å². The van der Waals surface area contributed by atoms with E-state index in [2.05, 4.69) is 10.3 Å². The molecule has 142 valence electrons. The Kier molecular flexibility index (Phi) is 6.45. The lowest BCUT2D eigenvalue weighted by atomic mass is 10.2. The first-order chi connectivity index (χ1) is 13.5. The molecule has 0 unspecified atom stereocenters. The van der Waals surface area contributed by atoms with E-state index in [1.807, 2.05) is 68.4 Å². The smallest absolute Gasteiger partial charge is 0.262 e. The molecule has 0 heterocycles. The van der Waals surface area contributed by atoms with Crippen molar-refractivity contribution in [2.45, 2.75) is 13.8 Å². The van der Waals surface area contributed by atoms with Gasteiger partial charge >= 0.3 is 0 Å². The molecule has 0 radical (unpaired) electrons. The van der Waals surface area contributed by atoms with Crippen molar-refractivity contribution in [1.29, 1.82) is 0 Å². The summed E-state index contributed by atoms with van der Waals surface area (Å²) in [6, 6.07) is 20.9. The van der Waals surface area contributed by atoms with Gasteiger partial charge in [-0.3, -0.25) is 9.79 Å². The number of hydrogen-bond acceptors (Lipinski definition) is 3. The number of aliphatic imine (C=N–C) groups is 1. The number of rotatable bonds is 6. The Hall–Kier alpha value is -3.11. The quantitative estimate of drug-likeness (QED) is 0.545. The normalized spacial score (nSPS) is 10.8. The van der Waals surface area contributed by atoms with Gasteiger partial charge in [0.1, 0.15) is 5.75 Å². The third-order valence-electron chi connectivity index (χ3n) is 4.01. The molecule has 3 aromatic carbocycles. The Balaban J connectivity index is 1.58. The number of nitrogens with one attached hydrogen (secondary N) is 1. The first-order valence-corrected chi connectivity index (χ1v) is 9.27. The van der Waals surface area contributed by atoms with E-state index in [1.165, 1.54) is 5.56 Å². The second-order valence-corrected chi connectivity index (χ2v) is 6.90. The molecule has 28 heavy (non-hydrogen) atoms. The van der Waals surface area contributed by atoms with Gasteiger partial charge in [-0.25, -0.2) is 0 Å². The van der Waals surface area contributed by atoms with Crippen LogP contribution in [0.15, 0.2) is 71.7 Å². The molecule has 0 aliphatic heterocycles. The third kappa shape index (κ3) is 5.69. The van der Waals surface area contributed by atoms with Crippen LogP contribution < -0.4 is 10.1 Å². The van der Waals surface area contributed by atoms with E-state index in [9.17, 15) is 4.79 Å². The predicted octanol–water partition coefficient (Wildman–Crippen LogP) is 5.72. The lowest BCUT2D eigenvalue weighted by Gasteiger charge is -2.09. The molecule has 0 saturated heterocycles. The van der Waals surface area contributed by atoms with Crippen molar-refractivity contribution in [3.63, 3.8) is 0 Å². The minimum absolute atomic E-state index is 0.121. The summed E-state index contributed by atoms with van der Waals surface area (Å²) in [7, 11) is 0. The van der Waals surface area contributed by atoms with Gasteiger partial charge in [-0.1, -0.05) is 41.4 Å². The number of hydrogen-bond donors (Lipinski definition) is 1. The molecular weight excluding hydrogens is 372 g/mol. The Labute approximate surface area is 169 Å².